The normalized spacial score (nSPS) is 20.0. The van der Waals surface area contributed by atoms with Crippen LogP contribution in [0.1, 0.15) is 42.6 Å². The number of carbonyl (C=O) groups is 3. The molecule has 1 aromatic rings. The molecule has 24 heavy (non-hydrogen) atoms. The number of carboxylic acids is 1. The summed E-state index contributed by atoms with van der Waals surface area (Å²) >= 11 is 0. The Kier molecular flexibility index (Phi) is 5.56. The van der Waals surface area contributed by atoms with Gasteiger partial charge in [0.2, 0.25) is 0 Å². The quantitative estimate of drug-likeness (QED) is 0.760. The molecule has 0 saturated carbocycles. The summed E-state index contributed by atoms with van der Waals surface area (Å²) in [5.74, 6) is -1.67. The van der Waals surface area contributed by atoms with Crippen molar-refractivity contribution in [1.82, 2.24) is 5.32 Å². The van der Waals surface area contributed by atoms with E-state index in [-0.39, 0.29) is 11.9 Å². The molecule has 3 N–H and O–H groups in total. The molecule has 1 aromatic carbocycles. The van der Waals surface area contributed by atoms with Crippen LogP contribution in [0, 0.1) is 6.92 Å². The molecule has 0 radical (unpaired) electrons. The molecular weight excluding hydrogens is 312 g/mol. The molecule has 130 valence electrons. The number of aliphatic carboxylic acids is 1. The predicted octanol–water partition coefficient (Wildman–Crippen LogP) is 1.70. The second kappa shape index (κ2) is 7.44. The van der Waals surface area contributed by atoms with Gasteiger partial charge in [-0.15, -0.1) is 0 Å². The zero-order chi connectivity index (χ0) is 17.9. The molecule has 0 bridgehead atoms. The van der Waals surface area contributed by atoms with Gasteiger partial charge in [0.15, 0.2) is 6.10 Å². The van der Waals surface area contributed by atoms with Gasteiger partial charge in [0.25, 0.3) is 11.8 Å². The number of hydrogen-bond acceptors (Lipinski definition) is 4. The topological polar surface area (TPSA) is 105 Å². The van der Waals surface area contributed by atoms with Crippen LogP contribution >= 0.6 is 0 Å². The zero-order valence-electron chi connectivity index (χ0n) is 14.0. The fraction of sp³-hybridized carbons (Fsp3) is 0.471. The van der Waals surface area contributed by atoms with Gasteiger partial charge >= 0.3 is 5.97 Å². The second-order valence-corrected chi connectivity index (χ2v) is 6.18. The molecule has 1 aliphatic rings. The van der Waals surface area contributed by atoms with Crippen molar-refractivity contribution in [2.45, 2.75) is 51.9 Å². The van der Waals surface area contributed by atoms with Crippen molar-refractivity contribution in [3.8, 4) is 0 Å². The van der Waals surface area contributed by atoms with Crippen LogP contribution in [0.4, 0.5) is 5.69 Å². The lowest BCUT2D eigenvalue weighted by Crippen LogP contribution is -2.31. The molecule has 0 aromatic heterocycles. The Balaban J connectivity index is 2.06. The summed E-state index contributed by atoms with van der Waals surface area (Å²) in [5, 5.41) is 14.4. The number of carbonyl (C=O) groups excluding carboxylic acids is 2. The van der Waals surface area contributed by atoms with Crippen molar-refractivity contribution >= 4 is 23.5 Å². The number of anilines is 1. The van der Waals surface area contributed by atoms with Crippen LogP contribution in [0.15, 0.2) is 18.2 Å². The summed E-state index contributed by atoms with van der Waals surface area (Å²) in [6.45, 7) is 5.56. The van der Waals surface area contributed by atoms with Crippen LogP contribution in [-0.2, 0) is 14.3 Å². The molecule has 2 amide bonds. The van der Waals surface area contributed by atoms with E-state index < -0.39 is 24.1 Å². The van der Waals surface area contributed by atoms with Gasteiger partial charge in [-0.05, 0) is 51.3 Å². The number of hydrogen-bond donors (Lipinski definition) is 3. The minimum atomic E-state index is -1.06. The molecule has 7 heteroatoms. The first-order valence-electron chi connectivity index (χ1n) is 7.88. The molecule has 1 saturated heterocycles. The Morgan fingerprint density at radius 1 is 1.21 bits per heavy atom. The van der Waals surface area contributed by atoms with Gasteiger partial charge in [-0.2, -0.15) is 0 Å². The van der Waals surface area contributed by atoms with Crippen LogP contribution < -0.4 is 10.6 Å². The van der Waals surface area contributed by atoms with E-state index in [1.807, 2.05) is 20.8 Å². The van der Waals surface area contributed by atoms with Crippen molar-refractivity contribution in [3.05, 3.63) is 29.3 Å². The van der Waals surface area contributed by atoms with E-state index in [0.29, 0.717) is 24.1 Å². The maximum atomic E-state index is 12.2. The maximum absolute atomic E-state index is 12.2. The second-order valence-electron chi connectivity index (χ2n) is 6.18. The van der Waals surface area contributed by atoms with E-state index >= 15 is 0 Å². The Bertz CT molecular complexity index is 656. The minimum Gasteiger partial charge on any atom is -0.479 e. The molecule has 0 unspecified atom stereocenters. The number of aryl methyl sites for hydroxylation is 1. The first-order chi connectivity index (χ1) is 11.3. The molecule has 0 aliphatic carbocycles. The van der Waals surface area contributed by atoms with Gasteiger partial charge in [-0.25, -0.2) is 4.79 Å². The molecule has 2 rings (SSSR count). The first-order valence-corrected chi connectivity index (χ1v) is 7.88. The molecule has 0 spiro atoms. The summed E-state index contributed by atoms with van der Waals surface area (Å²) in [4.78, 5) is 35.2. The number of carboxylic acid groups (broad SMARTS) is 1. The van der Waals surface area contributed by atoms with Crippen molar-refractivity contribution in [1.29, 1.82) is 0 Å². The van der Waals surface area contributed by atoms with Crippen LogP contribution in [0.3, 0.4) is 0 Å². The standard InChI is InChI=1S/C17H22N2O5/c1-9(2)18-15(20)12-8-11(5-4-10(12)3)19-16(21)13-6-7-14(24-13)17(22)23/h4-5,8-9,13-14H,6-7H2,1-3H3,(H,18,20)(H,19,21)(H,22,23)/t13-,14+/m0/s1. The highest BCUT2D eigenvalue weighted by Gasteiger charge is 2.34. The average molecular weight is 334 g/mol. The Labute approximate surface area is 140 Å². The third-order valence-corrected chi connectivity index (χ3v) is 3.76. The summed E-state index contributed by atoms with van der Waals surface area (Å²) in [6, 6.07) is 5.06. The summed E-state index contributed by atoms with van der Waals surface area (Å²) in [5.41, 5.74) is 1.76. The minimum absolute atomic E-state index is 0.00925. The lowest BCUT2D eigenvalue weighted by Gasteiger charge is -2.14. The van der Waals surface area contributed by atoms with Gasteiger partial charge in [-0.1, -0.05) is 6.07 Å². The lowest BCUT2D eigenvalue weighted by atomic mass is 10.1. The largest absolute Gasteiger partial charge is 0.479 e. The number of benzene rings is 1. The third-order valence-electron chi connectivity index (χ3n) is 3.76. The average Bonchev–Trinajstić information content (AvgIpc) is 2.98. The predicted molar refractivity (Wildman–Crippen MR) is 87.9 cm³/mol. The van der Waals surface area contributed by atoms with Crippen LogP contribution in [0.2, 0.25) is 0 Å². The van der Waals surface area contributed by atoms with E-state index in [4.69, 9.17) is 9.84 Å². The van der Waals surface area contributed by atoms with E-state index in [1.165, 1.54) is 0 Å². The first kappa shape index (κ1) is 17.9. The molecule has 1 heterocycles. The van der Waals surface area contributed by atoms with Crippen molar-refractivity contribution < 1.29 is 24.2 Å². The SMILES string of the molecule is Cc1ccc(NC(=O)[C@@H]2CC[C@H](C(=O)O)O2)cc1C(=O)NC(C)C. The van der Waals surface area contributed by atoms with Crippen molar-refractivity contribution in [2.75, 3.05) is 5.32 Å². The van der Waals surface area contributed by atoms with Crippen LogP contribution in [0.5, 0.6) is 0 Å². The Morgan fingerprint density at radius 3 is 2.46 bits per heavy atom. The fourth-order valence-corrected chi connectivity index (χ4v) is 2.52. The molecule has 2 atom stereocenters. The number of amides is 2. The highest BCUT2D eigenvalue weighted by atomic mass is 16.5. The summed E-state index contributed by atoms with van der Waals surface area (Å²) in [6.07, 6.45) is -1.06. The highest BCUT2D eigenvalue weighted by molar-refractivity contribution is 5.99. The molecular formula is C17H22N2O5. The molecule has 1 aliphatic heterocycles. The lowest BCUT2D eigenvalue weighted by molar-refractivity contribution is -0.150. The van der Waals surface area contributed by atoms with Gasteiger partial charge in [-0.3, -0.25) is 9.59 Å². The van der Waals surface area contributed by atoms with Gasteiger partial charge in [0.05, 0.1) is 0 Å². The Hall–Kier alpha value is -2.41. The highest BCUT2D eigenvalue weighted by Crippen LogP contribution is 2.22. The van der Waals surface area contributed by atoms with Gasteiger partial charge in [0, 0.05) is 17.3 Å². The summed E-state index contributed by atoms with van der Waals surface area (Å²) in [7, 11) is 0. The fourth-order valence-electron chi connectivity index (χ4n) is 2.52. The van der Waals surface area contributed by atoms with Crippen molar-refractivity contribution in [2.24, 2.45) is 0 Å². The van der Waals surface area contributed by atoms with E-state index in [1.54, 1.807) is 18.2 Å². The van der Waals surface area contributed by atoms with Crippen molar-refractivity contribution in [3.63, 3.8) is 0 Å². The van der Waals surface area contributed by atoms with E-state index in [2.05, 4.69) is 10.6 Å². The maximum Gasteiger partial charge on any atom is 0.332 e. The third kappa shape index (κ3) is 4.32. The Morgan fingerprint density at radius 2 is 1.88 bits per heavy atom. The zero-order valence-corrected chi connectivity index (χ0v) is 14.0. The molecule has 1 fully saturated rings. The molecule has 7 nitrogen and oxygen atoms in total. The van der Waals surface area contributed by atoms with Gasteiger partial charge in [0.1, 0.15) is 6.10 Å². The summed E-state index contributed by atoms with van der Waals surface area (Å²) < 4.78 is 5.22. The van der Waals surface area contributed by atoms with Crippen LogP contribution in [0.25, 0.3) is 0 Å². The van der Waals surface area contributed by atoms with E-state index in [9.17, 15) is 14.4 Å². The van der Waals surface area contributed by atoms with Crippen LogP contribution in [-0.4, -0.2) is 41.1 Å². The van der Waals surface area contributed by atoms with Gasteiger partial charge < -0.3 is 20.5 Å². The number of rotatable bonds is 5. The number of nitrogens with one attached hydrogen (secondary N) is 2. The smallest absolute Gasteiger partial charge is 0.332 e. The van der Waals surface area contributed by atoms with E-state index in [0.717, 1.165) is 5.56 Å². The number of ether oxygens (including phenoxy) is 1. The monoisotopic (exact) mass is 334 g/mol.